The molecule has 1 aliphatic rings. The van der Waals surface area contributed by atoms with Crippen molar-refractivity contribution in [3.63, 3.8) is 0 Å². The molecule has 1 unspecified atom stereocenters. The Hall–Kier alpha value is -4.01. The van der Waals surface area contributed by atoms with E-state index in [-0.39, 0.29) is 34.2 Å². The number of hydrogen-bond acceptors (Lipinski definition) is 7. The van der Waals surface area contributed by atoms with E-state index in [9.17, 15) is 14.7 Å². The van der Waals surface area contributed by atoms with E-state index in [2.05, 4.69) is 0 Å². The monoisotopic (exact) mass is 550 g/mol. The molecule has 3 aromatic carbocycles. The lowest BCUT2D eigenvalue weighted by atomic mass is 9.95. The number of halogens is 1. The highest BCUT2D eigenvalue weighted by atomic mass is 35.5. The van der Waals surface area contributed by atoms with Crippen molar-refractivity contribution < 1.29 is 28.9 Å². The van der Waals surface area contributed by atoms with Crippen molar-refractivity contribution in [2.24, 2.45) is 0 Å². The number of carbonyl (C=O) groups is 2. The number of methoxy groups -OCH3 is 2. The molecule has 8 nitrogen and oxygen atoms in total. The molecule has 1 aliphatic heterocycles. The van der Waals surface area contributed by atoms with Gasteiger partial charge in [-0.15, -0.1) is 0 Å². The number of aliphatic hydroxyl groups excluding tert-OH is 1. The zero-order valence-corrected chi connectivity index (χ0v) is 23.1. The van der Waals surface area contributed by atoms with Crippen LogP contribution in [-0.2, 0) is 16.2 Å². The molecule has 204 valence electrons. The maximum atomic E-state index is 13.3. The zero-order chi connectivity index (χ0) is 28.1. The van der Waals surface area contributed by atoms with E-state index < -0.39 is 17.7 Å². The van der Waals surface area contributed by atoms with E-state index >= 15 is 0 Å². The fraction of sp³-hybridized carbons (Fsp3) is 0.267. The lowest BCUT2D eigenvalue weighted by Crippen LogP contribution is -2.35. The molecule has 1 N–H and O–H groups in total. The number of likely N-dealkylation sites (N-methyl/N-ethyl adjacent to an activating group) is 1. The second-order valence-electron chi connectivity index (χ2n) is 9.33. The molecule has 9 heteroatoms. The van der Waals surface area contributed by atoms with Gasteiger partial charge in [0.15, 0.2) is 0 Å². The second-order valence-corrected chi connectivity index (χ2v) is 9.73. The van der Waals surface area contributed by atoms with E-state index in [4.69, 9.17) is 25.8 Å². The van der Waals surface area contributed by atoms with Crippen molar-refractivity contribution in [3.8, 4) is 17.2 Å². The standard InChI is InChI=1S/C30H31ClN2O6/c1-32(2)14-15-33-27(20-10-12-21(13-11-20)39-18-19-8-6-5-7-9-19)26(29(35)30(33)36)28(34)22-16-23(31)25(38-4)17-24(22)37-3/h5-13,16-17,27,34H,14-15,18H2,1-4H3/b28-26+. The van der Waals surface area contributed by atoms with Crippen molar-refractivity contribution in [1.29, 1.82) is 0 Å². The first-order valence-electron chi connectivity index (χ1n) is 12.4. The molecule has 0 radical (unpaired) electrons. The Morgan fingerprint density at radius 3 is 2.26 bits per heavy atom. The maximum Gasteiger partial charge on any atom is 0.295 e. The molecule has 3 aromatic rings. The largest absolute Gasteiger partial charge is 0.507 e. The molecule has 1 heterocycles. The Morgan fingerprint density at radius 1 is 0.974 bits per heavy atom. The third-order valence-corrected chi connectivity index (χ3v) is 6.80. The molecule has 0 spiro atoms. The topological polar surface area (TPSA) is 88.5 Å². The van der Waals surface area contributed by atoms with Crippen LogP contribution in [0.25, 0.3) is 5.76 Å². The molecule has 1 saturated heterocycles. The van der Waals surface area contributed by atoms with Crippen LogP contribution >= 0.6 is 11.6 Å². The van der Waals surface area contributed by atoms with Crippen LogP contribution < -0.4 is 14.2 Å². The van der Waals surface area contributed by atoms with E-state index in [1.165, 1.54) is 31.3 Å². The van der Waals surface area contributed by atoms with Gasteiger partial charge in [0, 0.05) is 19.2 Å². The van der Waals surface area contributed by atoms with E-state index in [0.29, 0.717) is 30.2 Å². The third-order valence-electron chi connectivity index (χ3n) is 6.50. The summed E-state index contributed by atoms with van der Waals surface area (Å²) >= 11 is 6.34. The fourth-order valence-corrected chi connectivity index (χ4v) is 4.68. The number of nitrogens with zero attached hydrogens (tertiary/aromatic N) is 2. The molecule has 0 bridgehead atoms. The molecule has 39 heavy (non-hydrogen) atoms. The molecule has 0 saturated carbocycles. The van der Waals surface area contributed by atoms with Crippen LogP contribution in [0.1, 0.15) is 22.7 Å². The second kappa shape index (κ2) is 12.2. The predicted octanol–water partition coefficient (Wildman–Crippen LogP) is 4.92. The molecule has 1 fully saturated rings. The van der Waals surface area contributed by atoms with Crippen LogP contribution in [-0.4, -0.2) is 68.0 Å². The van der Waals surface area contributed by atoms with Crippen LogP contribution in [0, 0.1) is 0 Å². The number of carbonyl (C=O) groups excluding carboxylic acids is 2. The lowest BCUT2D eigenvalue weighted by Gasteiger charge is -2.27. The average Bonchev–Trinajstić information content (AvgIpc) is 3.20. The van der Waals surface area contributed by atoms with Gasteiger partial charge >= 0.3 is 0 Å². The summed E-state index contributed by atoms with van der Waals surface area (Å²) < 4.78 is 16.6. The molecule has 4 rings (SSSR count). The maximum absolute atomic E-state index is 13.3. The average molecular weight is 551 g/mol. The van der Waals surface area contributed by atoms with Gasteiger partial charge in [0.25, 0.3) is 11.7 Å². The minimum atomic E-state index is -0.821. The van der Waals surface area contributed by atoms with Gasteiger partial charge in [-0.25, -0.2) is 0 Å². The minimum absolute atomic E-state index is 0.0451. The number of likely N-dealkylation sites (tertiary alicyclic amines) is 1. The number of ether oxygens (including phenoxy) is 3. The van der Waals surface area contributed by atoms with Crippen LogP contribution in [0.5, 0.6) is 17.2 Å². The number of aliphatic hydroxyl groups is 1. The number of Topliss-reactive ketones (excluding diaryl/α,β-unsaturated/α-hetero) is 1. The molecule has 1 amide bonds. The van der Waals surface area contributed by atoms with Gasteiger partial charge < -0.3 is 29.1 Å². The van der Waals surface area contributed by atoms with Gasteiger partial charge in [-0.05, 0) is 43.4 Å². The summed E-state index contributed by atoms with van der Waals surface area (Å²) in [5.41, 5.74) is 1.82. The Balaban J connectivity index is 1.75. The molecular formula is C30H31ClN2O6. The summed E-state index contributed by atoms with van der Waals surface area (Å²) in [5.74, 6) is -0.621. The van der Waals surface area contributed by atoms with Crippen molar-refractivity contribution in [2.75, 3.05) is 41.4 Å². The molecule has 0 aliphatic carbocycles. The molecule has 1 atom stereocenters. The van der Waals surface area contributed by atoms with Crippen molar-refractivity contribution in [1.82, 2.24) is 9.80 Å². The van der Waals surface area contributed by atoms with E-state index in [1.807, 2.05) is 49.3 Å². The minimum Gasteiger partial charge on any atom is -0.507 e. The van der Waals surface area contributed by atoms with Gasteiger partial charge in [0.2, 0.25) is 0 Å². The smallest absolute Gasteiger partial charge is 0.295 e. The van der Waals surface area contributed by atoms with Gasteiger partial charge in [0.05, 0.1) is 36.4 Å². The molecular weight excluding hydrogens is 520 g/mol. The van der Waals surface area contributed by atoms with E-state index in [0.717, 1.165) is 5.56 Å². The van der Waals surface area contributed by atoms with Gasteiger partial charge in [-0.1, -0.05) is 54.1 Å². The summed E-state index contributed by atoms with van der Waals surface area (Å²) in [4.78, 5) is 30.0. The highest BCUT2D eigenvalue weighted by Gasteiger charge is 2.46. The van der Waals surface area contributed by atoms with Gasteiger partial charge in [-0.2, -0.15) is 0 Å². The van der Waals surface area contributed by atoms with Gasteiger partial charge in [0.1, 0.15) is 29.6 Å². The first-order valence-corrected chi connectivity index (χ1v) is 12.7. The first kappa shape index (κ1) is 28.0. The summed E-state index contributed by atoms with van der Waals surface area (Å²) in [7, 11) is 6.66. The molecule has 0 aromatic heterocycles. The number of benzene rings is 3. The number of ketones is 1. The highest BCUT2D eigenvalue weighted by molar-refractivity contribution is 6.46. The highest BCUT2D eigenvalue weighted by Crippen LogP contribution is 2.43. The van der Waals surface area contributed by atoms with Crippen LogP contribution in [0.2, 0.25) is 5.02 Å². The Bertz CT molecular complexity index is 1370. The zero-order valence-electron chi connectivity index (χ0n) is 22.3. The number of rotatable bonds is 10. The van der Waals surface area contributed by atoms with Crippen LogP contribution in [0.15, 0.2) is 72.3 Å². The van der Waals surface area contributed by atoms with Crippen molar-refractivity contribution in [2.45, 2.75) is 12.6 Å². The third kappa shape index (κ3) is 6.02. The Kier molecular flexibility index (Phi) is 8.79. The normalized spacial score (nSPS) is 16.6. The quantitative estimate of drug-likeness (QED) is 0.218. The van der Waals surface area contributed by atoms with Crippen LogP contribution in [0.3, 0.4) is 0 Å². The van der Waals surface area contributed by atoms with Gasteiger partial charge in [-0.3, -0.25) is 9.59 Å². The predicted molar refractivity (Wildman–Crippen MR) is 149 cm³/mol. The van der Waals surface area contributed by atoms with Crippen molar-refractivity contribution >= 4 is 29.1 Å². The van der Waals surface area contributed by atoms with Crippen molar-refractivity contribution in [3.05, 3.63) is 94.0 Å². The SMILES string of the molecule is COc1cc(OC)c(/C(O)=C2\C(=O)C(=O)N(CCN(C)C)C2c2ccc(OCc3ccccc3)cc2)cc1Cl. The summed E-state index contributed by atoms with van der Waals surface area (Å²) in [5, 5.41) is 11.7. The Morgan fingerprint density at radius 2 is 1.64 bits per heavy atom. The van der Waals surface area contributed by atoms with E-state index in [1.54, 1.807) is 24.3 Å². The first-order chi connectivity index (χ1) is 18.7. The Labute approximate surface area is 233 Å². The summed E-state index contributed by atoms with van der Waals surface area (Å²) in [6.07, 6.45) is 0. The number of amides is 1. The van der Waals surface area contributed by atoms with Crippen LogP contribution in [0.4, 0.5) is 0 Å². The number of hydrogen-bond donors (Lipinski definition) is 1. The summed E-state index contributed by atoms with van der Waals surface area (Å²) in [6, 6.07) is 19.1. The summed E-state index contributed by atoms with van der Waals surface area (Å²) in [6.45, 7) is 1.21. The lowest BCUT2D eigenvalue weighted by molar-refractivity contribution is -0.140. The fourth-order valence-electron chi connectivity index (χ4n) is 4.44.